The number of hydrogen-bond acceptors (Lipinski definition) is 8. The Morgan fingerprint density at radius 3 is 2.29 bits per heavy atom. The van der Waals surface area contributed by atoms with E-state index in [1.807, 2.05) is 0 Å². The minimum absolute atomic E-state index is 0.0310. The van der Waals surface area contributed by atoms with Gasteiger partial charge in [0, 0.05) is 11.1 Å². The zero-order chi connectivity index (χ0) is 27.7. The van der Waals surface area contributed by atoms with Gasteiger partial charge < -0.3 is 4.74 Å². The van der Waals surface area contributed by atoms with Crippen LogP contribution in [0.1, 0.15) is 11.1 Å². The smallest absolute Gasteiger partial charge is 0.335 e. The van der Waals surface area contributed by atoms with Crippen LogP contribution in [-0.2, 0) is 9.59 Å². The van der Waals surface area contributed by atoms with Gasteiger partial charge in [0.05, 0.1) is 26.6 Å². The third-order valence-electron chi connectivity index (χ3n) is 5.35. The quantitative estimate of drug-likeness (QED) is 0.178. The van der Waals surface area contributed by atoms with Gasteiger partial charge in [-0.2, -0.15) is 0 Å². The second-order valence-corrected chi connectivity index (χ2v) is 8.69. The molecule has 192 valence electrons. The molecule has 4 amide bonds. The minimum atomic E-state index is -0.936. The Bertz CT molecular complexity index is 1590. The molecule has 0 aromatic heterocycles. The SMILES string of the molecule is Cc1ccc(Cl)cc1N1C(=O)NC(=O)/C(=C\c2ccc(Oc3ccc([N+](=O)[O-])cc3[N+](=O)[O-])c(Cl)c2)C1=O. The highest BCUT2D eigenvalue weighted by atomic mass is 35.5. The van der Waals surface area contributed by atoms with Gasteiger partial charge in [-0.25, -0.2) is 9.69 Å². The zero-order valence-corrected chi connectivity index (χ0v) is 20.6. The number of hydrogen-bond donors (Lipinski definition) is 1. The Balaban J connectivity index is 1.65. The summed E-state index contributed by atoms with van der Waals surface area (Å²) in [7, 11) is 0. The normalized spacial score (nSPS) is 14.4. The van der Waals surface area contributed by atoms with Gasteiger partial charge in [-0.05, 0) is 54.5 Å². The lowest BCUT2D eigenvalue weighted by molar-refractivity contribution is -0.394. The lowest BCUT2D eigenvalue weighted by Gasteiger charge is -2.27. The van der Waals surface area contributed by atoms with Crippen molar-refractivity contribution in [1.29, 1.82) is 0 Å². The highest BCUT2D eigenvalue weighted by Gasteiger charge is 2.37. The monoisotopic (exact) mass is 556 g/mol. The number of non-ortho nitro benzene ring substituents is 1. The zero-order valence-electron chi connectivity index (χ0n) is 19.1. The van der Waals surface area contributed by atoms with Crippen LogP contribution in [0.15, 0.2) is 60.2 Å². The fraction of sp³-hybridized carbons (Fsp3) is 0.0417. The van der Waals surface area contributed by atoms with Crippen LogP contribution in [-0.4, -0.2) is 27.7 Å². The average molecular weight is 557 g/mol. The first-order valence-electron chi connectivity index (χ1n) is 10.5. The number of amides is 4. The number of imide groups is 2. The standard InChI is InChI=1S/C24H14Cl2N4O8/c1-12-2-4-14(25)10-18(12)28-23(32)16(22(31)27-24(28)33)8-13-3-6-20(17(26)9-13)38-21-7-5-15(29(34)35)11-19(21)30(36)37/h2-11H,1H3,(H,27,31,33)/b16-8+. The van der Waals surface area contributed by atoms with Crippen LogP contribution in [0, 0.1) is 27.2 Å². The highest BCUT2D eigenvalue weighted by Crippen LogP contribution is 2.37. The molecule has 3 aromatic carbocycles. The number of halogens is 2. The predicted molar refractivity (Wildman–Crippen MR) is 136 cm³/mol. The average Bonchev–Trinajstić information content (AvgIpc) is 2.85. The summed E-state index contributed by atoms with van der Waals surface area (Å²) >= 11 is 12.3. The summed E-state index contributed by atoms with van der Waals surface area (Å²) in [6.45, 7) is 1.67. The van der Waals surface area contributed by atoms with Gasteiger partial charge in [0.1, 0.15) is 11.3 Å². The maximum atomic E-state index is 13.1. The first-order valence-corrected chi connectivity index (χ1v) is 11.3. The Kier molecular flexibility index (Phi) is 7.10. The number of nitrogens with one attached hydrogen (secondary N) is 1. The Morgan fingerprint density at radius 2 is 1.63 bits per heavy atom. The van der Waals surface area contributed by atoms with Gasteiger partial charge in [-0.15, -0.1) is 0 Å². The summed E-state index contributed by atoms with van der Waals surface area (Å²) < 4.78 is 5.51. The van der Waals surface area contributed by atoms with Crippen LogP contribution in [0.25, 0.3) is 6.08 Å². The molecule has 1 saturated heterocycles. The van der Waals surface area contributed by atoms with Crippen LogP contribution >= 0.6 is 23.2 Å². The van der Waals surface area contributed by atoms with Crippen molar-refractivity contribution in [3.05, 3.63) is 102 Å². The van der Waals surface area contributed by atoms with E-state index in [0.717, 1.165) is 23.1 Å². The number of benzene rings is 3. The van der Waals surface area contributed by atoms with Crippen molar-refractivity contribution < 1.29 is 29.0 Å². The third-order valence-corrected chi connectivity index (χ3v) is 5.88. The van der Waals surface area contributed by atoms with E-state index in [4.69, 9.17) is 27.9 Å². The van der Waals surface area contributed by atoms with Crippen molar-refractivity contribution in [1.82, 2.24) is 5.32 Å². The van der Waals surface area contributed by atoms with Crippen molar-refractivity contribution in [3.63, 3.8) is 0 Å². The summed E-state index contributed by atoms with van der Waals surface area (Å²) in [5.41, 5.74) is -0.461. The van der Waals surface area contributed by atoms with Gasteiger partial charge in [0.25, 0.3) is 17.5 Å². The molecule has 0 saturated carbocycles. The molecule has 1 aliphatic heterocycles. The van der Waals surface area contributed by atoms with Crippen LogP contribution in [0.3, 0.4) is 0 Å². The number of carbonyl (C=O) groups excluding carboxylic acids is 3. The van der Waals surface area contributed by atoms with Gasteiger partial charge >= 0.3 is 11.7 Å². The molecule has 0 spiro atoms. The molecule has 0 aliphatic carbocycles. The number of carbonyl (C=O) groups is 3. The number of nitro groups is 2. The third kappa shape index (κ3) is 5.16. The molecular formula is C24H14Cl2N4O8. The maximum Gasteiger partial charge on any atom is 0.335 e. The lowest BCUT2D eigenvalue weighted by Crippen LogP contribution is -2.54. The van der Waals surface area contributed by atoms with E-state index in [0.29, 0.717) is 5.56 Å². The summed E-state index contributed by atoms with van der Waals surface area (Å²) in [6, 6.07) is 10.6. The number of aryl methyl sites for hydroxylation is 1. The molecule has 0 atom stereocenters. The van der Waals surface area contributed by atoms with E-state index in [2.05, 4.69) is 5.32 Å². The lowest BCUT2D eigenvalue weighted by atomic mass is 10.1. The van der Waals surface area contributed by atoms with E-state index in [9.17, 15) is 34.6 Å². The molecule has 14 heteroatoms. The van der Waals surface area contributed by atoms with Crippen LogP contribution in [0.2, 0.25) is 10.0 Å². The van der Waals surface area contributed by atoms with Crippen molar-refractivity contribution in [2.45, 2.75) is 6.92 Å². The molecule has 1 aliphatic rings. The summed E-state index contributed by atoms with van der Waals surface area (Å²) in [5.74, 6) is -2.13. The summed E-state index contributed by atoms with van der Waals surface area (Å²) in [5, 5.41) is 24.6. The largest absolute Gasteiger partial charge is 0.449 e. The van der Waals surface area contributed by atoms with Crippen molar-refractivity contribution in [2.24, 2.45) is 0 Å². The number of ether oxygens (including phenoxy) is 1. The molecule has 1 fully saturated rings. The first-order chi connectivity index (χ1) is 18.0. The second kappa shape index (κ2) is 10.3. The van der Waals surface area contributed by atoms with E-state index in [-0.39, 0.29) is 38.4 Å². The van der Waals surface area contributed by atoms with Crippen molar-refractivity contribution in [3.8, 4) is 11.5 Å². The van der Waals surface area contributed by atoms with E-state index >= 15 is 0 Å². The fourth-order valence-corrected chi connectivity index (χ4v) is 3.92. The van der Waals surface area contributed by atoms with Gasteiger partial charge in [0.2, 0.25) is 5.75 Å². The van der Waals surface area contributed by atoms with E-state index in [1.54, 1.807) is 19.1 Å². The summed E-state index contributed by atoms with van der Waals surface area (Å²) in [4.78, 5) is 59.6. The Morgan fingerprint density at radius 1 is 0.921 bits per heavy atom. The molecular weight excluding hydrogens is 543 g/mol. The maximum absolute atomic E-state index is 13.1. The number of barbiturate groups is 1. The molecule has 1 N–H and O–H groups in total. The van der Waals surface area contributed by atoms with Crippen LogP contribution < -0.4 is 15.0 Å². The number of anilines is 1. The highest BCUT2D eigenvalue weighted by molar-refractivity contribution is 6.40. The van der Waals surface area contributed by atoms with Crippen LogP contribution in [0.4, 0.5) is 21.9 Å². The molecule has 0 unspecified atom stereocenters. The molecule has 0 bridgehead atoms. The molecule has 0 radical (unpaired) electrons. The van der Waals surface area contributed by atoms with Gasteiger partial charge in [-0.1, -0.05) is 35.3 Å². The van der Waals surface area contributed by atoms with E-state index < -0.39 is 39.1 Å². The molecule has 4 rings (SSSR count). The van der Waals surface area contributed by atoms with Crippen molar-refractivity contribution in [2.75, 3.05) is 4.90 Å². The molecule has 38 heavy (non-hydrogen) atoms. The predicted octanol–water partition coefficient (Wildman–Crippen LogP) is 5.58. The van der Waals surface area contributed by atoms with Crippen molar-refractivity contribution >= 4 is 64.2 Å². The summed E-state index contributed by atoms with van der Waals surface area (Å²) in [6.07, 6.45) is 1.21. The molecule has 12 nitrogen and oxygen atoms in total. The van der Waals surface area contributed by atoms with Gasteiger partial charge in [0.15, 0.2) is 0 Å². The number of nitro benzene ring substituents is 2. The Labute approximate surface area is 223 Å². The van der Waals surface area contributed by atoms with E-state index in [1.165, 1.54) is 30.3 Å². The second-order valence-electron chi connectivity index (χ2n) is 7.85. The number of nitrogens with zero attached hydrogens (tertiary/aromatic N) is 3. The minimum Gasteiger partial charge on any atom is -0.449 e. The first kappa shape index (κ1) is 26.3. The topological polar surface area (TPSA) is 162 Å². The Hall–Kier alpha value is -4.81. The fourth-order valence-electron chi connectivity index (χ4n) is 3.52. The van der Waals surface area contributed by atoms with Gasteiger partial charge in [-0.3, -0.25) is 35.1 Å². The molecule has 1 heterocycles. The number of rotatable bonds is 6. The molecule has 3 aromatic rings. The number of urea groups is 1. The van der Waals surface area contributed by atoms with Crippen LogP contribution in [0.5, 0.6) is 11.5 Å².